The molecular formula is C21H27N7O. The Balaban J connectivity index is 0.000000221. The SMILES string of the molecule is C=Nc1ccc(Cn2cc(C=O)nc2N)cc1.CNCc1c(C)cc(N)nc1C. The number of hydrogen-bond acceptors (Lipinski definition) is 7. The maximum absolute atomic E-state index is 10.6. The Morgan fingerprint density at radius 1 is 1.21 bits per heavy atom. The average Bonchev–Trinajstić information content (AvgIpc) is 3.05. The maximum atomic E-state index is 10.6. The van der Waals surface area contributed by atoms with Crippen LogP contribution in [0, 0.1) is 13.8 Å². The lowest BCUT2D eigenvalue weighted by Gasteiger charge is -2.08. The molecule has 0 fully saturated rings. The Kier molecular flexibility index (Phi) is 7.62. The molecule has 0 radical (unpaired) electrons. The molecule has 152 valence electrons. The number of pyridine rings is 1. The van der Waals surface area contributed by atoms with Crippen LogP contribution in [-0.4, -0.2) is 34.6 Å². The summed E-state index contributed by atoms with van der Waals surface area (Å²) in [7, 11) is 1.93. The number of aryl methyl sites for hydroxylation is 2. The van der Waals surface area contributed by atoms with E-state index in [0.717, 1.165) is 23.5 Å². The lowest BCUT2D eigenvalue weighted by Crippen LogP contribution is -2.10. The third kappa shape index (κ3) is 5.98. The van der Waals surface area contributed by atoms with E-state index in [4.69, 9.17) is 11.5 Å². The largest absolute Gasteiger partial charge is 0.384 e. The van der Waals surface area contributed by atoms with Gasteiger partial charge in [0.2, 0.25) is 5.95 Å². The van der Waals surface area contributed by atoms with Crippen LogP contribution >= 0.6 is 0 Å². The zero-order valence-electron chi connectivity index (χ0n) is 17.0. The van der Waals surface area contributed by atoms with Crippen molar-refractivity contribution in [3.05, 3.63) is 64.6 Å². The van der Waals surface area contributed by atoms with E-state index < -0.39 is 0 Å². The van der Waals surface area contributed by atoms with Crippen molar-refractivity contribution < 1.29 is 4.79 Å². The number of carbonyl (C=O) groups is 1. The summed E-state index contributed by atoms with van der Waals surface area (Å²) < 4.78 is 1.72. The topological polar surface area (TPSA) is 124 Å². The minimum Gasteiger partial charge on any atom is -0.384 e. The quantitative estimate of drug-likeness (QED) is 0.437. The molecule has 0 spiro atoms. The van der Waals surface area contributed by atoms with Gasteiger partial charge in [-0.15, -0.1) is 0 Å². The summed E-state index contributed by atoms with van der Waals surface area (Å²) >= 11 is 0. The zero-order chi connectivity index (χ0) is 21.4. The molecule has 3 aromatic rings. The smallest absolute Gasteiger partial charge is 0.201 e. The minimum atomic E-state index is 0.332. The molecule has 0 bridgehead atoms. The van der Waals surface area contributed by atoms with E-state index in [1.54, 1.807) is 10.8 Å². The van der Waals surface area contributed by atoms with Gasteiger partial charge in [-0.3, -0.25) is 9.79 Å². The number of hydrogen-bond donors (Lipinski definition) is 3. The Morgan fingerprint density at radius 3 is 2.41 bits per heavy atom. The van der Waals surface area contributed by atoms with Crippen molar-refractivity contribution >= 4 is 30.5 Å². The first kappa shape index (κ1) is 21.8. The Morgan fingerprint density at radius 2 is 1.90 bits per heavy atom. The fourth-order valence-electron chi connectivity index (χ4n) is 2.87. The number of aromatic nitrogens is 3. The third-order valence-electron chi connectivity index (χ3n) is 4.35. The van der Waals surface area contributed by atoms with Gasteiger partial charge < -0.3 is 21.4 Å². The van der Waals surface area contributed by atoms with Gasteiger partial charge in [0.05, 0.1) is 12.2 Å². The molecule has 2 heterocycles. The number of aliphatic imine (C=N–C) groups is 1. The van der Waals surface area contributed by atoms with E-state index in [1.165, 1.54) is 11.1 Å². The van der Waals surface area contributed by atoms with Crippen LogP contribution in [0.2, 0.25) is 0 Å². The van der Waals surface area contributed by atoms with Crippen LogP contribution in [0.25, 0.3) is 0 Å². The molecule has 0 aliphatic carbocycles. The van der Waals surface area contributed by atoms with Gasteiger partial charge in [0.25, 0.3) is 0 Å². The molecule has 0 amide bonds. The summed E-state index contributed by atoms with van der Waals surface area (Å²) in [6, 6.07) is 9.51. The third-order valence-corrected chi connectivity index (χ3v) is 4.35. The van der Waals surface area contributed by atoms with Gasteiger partial charge in [0.15, 0.2) is 6.29 Å². The van der Waals surface area contributed by atoms with Crippen molar-refractivity contribution in [2.45, 2.75) is 26.9 Å². The van der Waals surface area contributed by atoms with E-state index >= 15 is 0 Å². The second-order valence-electron chi connectivity index (χ2n) is 6.55. The van der Waals surface area contributed by atoms with Crippen LogP contribution in [0.5, 0.6) is 0 Å². The molecular weight excluding hydrogens is 366 g/mol. The normalized spacial score (nSPS) is 10.2. The Hall–Kier alpha value is -3.52. The average molecular weight is 393 g/mol. The van der Waals surface area contributed by atoms with E-state index in [-0.39, 0.29) is 0 Å². The number of nitrogens with one attached hydrogen (secondary N) is 1. The van der Waals surface area contributed by atoms with Gasteiger partial charge in [0, 0.05) is 18.4 Å². The van der Waals surface area contributed by atoms with Gasteiger partial charge in [-0.1, -0.05) is 12.1 Å². The summed E-state index contributed by atoms with van der Waals surface area (Å²) in [6.07, 6.45) is 2.31. The van der Waals surface area contributed by atoms with E-state index in [1.807, 2.05) is 44.3 Å². The highest BCUT2D eigenvalue weighted by Crippen LogP contribution is 2.15. The van der Waals surface area contributed by atoms with Gasteiger partial charge in [-0.25, -0.2) is 9.97 Å². The predicted octanol–water partition coefficient (Wildman–Crippen LogP) is 2.66. The number of nitrogens with zero attached hydrogens (tertiary/aromatic N) is 4. The zero-order valence-corrected chi connectivity index (χ0v) is 17.0. The van der Waals surface area contributed by atoms with E-state index in [2.05, 4.69) is 33.9 Å². The second-order valence-corrected chi connectivity index (χ2v) is 6.55. The molecule has 8 nitrogen and oxygen atoms in total. The molecule has 0 unspecified atom stereocenters. The second kappa shape index (κ2) is 10.1. The lowest BCUT2D eigenvalue weighted by molar-refractivity contribution is 0.111. The first-order valence-corrected chi connectivity index (χ1v) is 9.08. The monoisotopic (exact) mass is 393 g/mol. The molecule has 2 aromatic heterocycles. The van der Waals surface area contributed by atoms with Crippen molar-refractivity contribution in [2.75, 3.05) is 18.5 Å². The fourth-order valence-corrected chi connectivity index (χ4v) is 2.87. The van der Waals surface area contributed by atoms with Crippen LogP contribution in [-0.2, 0) is 13.1 Å². The first-order chi connectivity index (χ1) is 13.9. The maximum Gasteiger partial charge on any atom is 0.201 e. The van der Waals surface area contributed by atoms with Gasteiger partial charge in [0.1, 0.15) is 11.5 Å². The number of aldehydes is 1. The molecule has 0 saturated heterocycles. The highest BCUT2D eigenvalue weighted by Gasteiger charge is 2.05. The molecule has 0 atom stereocenters. The molecule has 29 heavy (non-hydrogen) atoms. The van der Waals surface area contributed by atoms with Crippen molar-refractivity contribution in [1.29, 1.82) is 0 Å². The van der Waals surface area contributed by atoms with E-state index in [0.29, 0.717) is 30.3 Å². The van der Waals surface area contributed by atoms with Crippen LogP contribution in [0.1, 0.15) is 32.9 Å². The summed E-state index contributed by atoms with van der Waals surface area (Å²) in [5.74, 6) is 0.933. The van der Waals surface area contributed by atoms with Crippen LogP contribution < -0.4 is 16.8 Å². The molecule has 0 aliphatic rings. The standard InChI is InChI=1S/C12H12N4O.C9H15N3/c1-14-10-4-2-9(3-5-10)6-16-7-11(8-17)15-12(16)13;1-6-4-9(10)12-7(2)8(6)5-11-3/h2-5,7-8H,1,6H2,(H2,13,15);4,11H,5H2,1-3H3,(H2,10,12). The van der Waals surface area contributed by atoms with Gasteiger partial charge >= 0.3 is 0 Å². The highest BCUT2D eigenvalue weighted by atomic mass is 16.1. The molecule has 0 saturated carbocycles. The van der Waals surface area contributed by atoms with Crippen LogP contribution in [0.15, 0.2) is 41.5 Å². The van der Waals surface area contributed by atoms with E-state index in [9.17, 15) is 4.79 Å². The van der Waals surface area contributed by atoms with Crippen molar-refractivity contribution in [3.63, 3.8) is 0 Å². The first-order valence-electron chi connectivity index (χ1n) is 9.08. The van der Waals surface area contributed by atoms with Crippen LogP contribution in [0.3, 0.4) is 0 Å². The predicted molar refractivity (Wildman–Crippen MR) is 118 cm³/mol. The molecule has 5 N–H and O–H groups in total. The Labute approximate surface area is 170 Å². The summed E-state index contributed by atoms with van der Waals surface area (Å²) in [5.41, 5.74) is 17.0. The Bertz CT molecular complexity index is 954. The van der Waals surface area contributed by atoms with Crippen molar-refractivity contribution in [2.24, 2.45) is 4.99 Å². The molecule has 3 rings (SSSR count). The van der Waals surface area contributed by atoms with Crippen LogP contribution in [0.4, 0.5) is 17.5 Å². The fraction of sp³-hybridized carbons (Fsp3) is 0.238. The number of nitrogens with two attached hydrogens (primary N) is 2. The molecule has 0 aliphatic heterocycles. The van der Waals surface area contributed by atoms with Crippen molar-refractivity contribution in [1.82, 2.24) is 19.9 Å². The number of benzene rings is 1. The molecule has 8 heteroatoms. The number of rotatable bonds is 6. The number of imidazole rings is 1. The highest BCUT2D eigenvalue weighted by molar-refractivity contribution is 5.72. The van der Waals surface area contributed by atoms with Crippen molar-refractivity contribution in [3.8, 4) is 0 Å². The summed E-state index contributed by atoms with van der Waals surface area (Å²) in [4.78, 5) is 22.5. The van der Waals surface area contributed by atoms with Gasteiger partial charge in [-0.2, -0.15) is 0 Å². The number of nitrogen functional groups attached to an aromatic ring is 2. The number of carbonyl (C=O) groups excluding carboxylic acids is 1. The summed E-state index contributed by atoms with van der Waals surface area (Å²) in [6.45, 7) is 8.91. The van der Waals surface area contributed by atoms with Gasteiger partial charge in [-0.05, 0) is 62.5 Å². The summed E-state index contributed by atoms with van der Waals surface area (Å²) in [5, 5.41) is 3.10. The molecule has 1 aromatic carbocycles. The lowest BCUT2D eigenvalue weighted by atomic mass is 10.1. The minimum absolute atomic E-state index is 0.332. The number of anilines is 2.